The molecule has 0 radical (unpaired) electrons. The first kappa shape index (κ1) is 12.0. The van der Waals surface area contributed by atoms with E-state index in [2.05, 4.69) is 23.7 Å². The van der Waals surface area contributed by atoms with Crippen LogP contribution >= 0.6 is 0 Å². The standard InChI is InChI=1S/C12H19N3O2/c1-8-6-15(7-9(2)17-8)12-10(13)4-5-11(14-12)16-3/h4-5,8-9H,6-7,13H2,1-3H3/t8-,9+. The quantitative estimate of drug-likeness (QED) is 0.839. The van der Waals surface area contributed by atoms with Crippen molar-refractivity contribution >= 4 is 11.5 Å². The Morgan fingerprint density at radius 1 is 1.35 bits per heavy atom. The Morgan fingerprint density at radius 3 is 2.59 bits per heavy atom. The molecule has 5 heteroatoms. The minimum absolute atomic E-state index is 0.186. The Bertz CT molecular complexity index is 387. The van der Waals surface area contributed by atoms with Crippen LogP contribution in [0.5, 0.6) is 5.88 Å². The molecule has 0 aliphatic carbocycles. The van der Waals surface area contributed by atoms with Gasteiger partial charge in [0.25, 0.3) is 0 Å². The van der Waals surface area contributed by atoms with Gasteiger partial charge in [-0.3, -0.25) is 0 Å². The summed E-state index contributed by atoms with van der Waals surface area (Å²) in [5.41, 5.74) is 6.64. The number of anilines is 2. The molecule has 1 saturated heterocycles. The minimum Gasteiger partial charge on any atom is -0.481 e. The lowest BCUT2D eigenvalue weighted by molar-refractivity contribution is -0.00543. The molecule has 2 heterocycles. The van der Waals surface area contributed by atoms with Gasteiger partial charge in [0.2, 0.25) is 5.88 Å². The Morgan fingerprint density at radius 2 is 2.00 bits per heavy atom. The second-order valence-electron chi connectivity index (χ2n) is 4.43. The summed E-state index contributed by atoms with van der Waals surface area (Å²) in [6.45, 7) is 5.71. The van der Waals surface area contributed by atoms with E-state index in [1.165, 1.54) is 0 Å². The van der Waals surface area contributed by atoms with Crippen LogP contribution in [0, 0.1) is 0 Å². The second kappa shape index (κ2) is 4.79. The Hall–Kier alpha value is -1.49. The third-order valence-electron chi connectivity index (χ3n) is 2.81. The molecular formula is C12H19N3O2. The normalized spacial score (nSPS) is 24.8. The molecule has 2 rings (SSSR count). The summed E-state index contributed by atoms with van der Waals surface area (Å²) < 4.78 is 10.8. The van der Waals surface area contributed by atoms with Gasteiger partial charge in [0.05, 0.1) is 25.0 Å². The monoisotopic (exact) mass is 237 g/mol. The van der Waals surface area contributed by atoms with Crippen molar-refractivity contribution in [1.82, 2.24) is 4.98 Å². The average Bonchev–Trinajstić information content (AvgIpc) is 2.28. The maximum absolute atomic E-state index is 5.97. The Labute approximate surface area is 102 Å². The van der Waals surface area contributed by atoms with Crippen LogP contribution in [0.4, 0.5) is 11.5 Å². The van der Waals surface area contributed by atoms with Gasteiger partial charge in [-0.15, -0.1) is 0 Å². The van der Waals surface area contributed by atoms with Crippen LogP contribution in [0.1, 0.15) is 13.8 Å². The summed E-state index contributed by atoms with van der Waals surface area (Å²) in [5.74, 6) is 1.37. The number of hydrogen-bond acceptors (Lipinski definition) is 5. The van der Waals surface area contributed by atoms with Gasteiger partial charge in [-0.2, -0.15) is 4.98 Å². The van der Waals surface area contributed by atoms with E-state index in [4.69, 9.17) is 15.2 Å². The van der Waals surface area contributed by atoms with Crippen molar-refractivity contribution in [3.63, 3.8) is 0 Å². The second-order valence-corrected chi connectivity index (χ2v) is 4.43. The van der Waals surface area contributed by atoms with Gasteiger partial charge in [-0.1, -0.05) is 0 Å². The fraction of sp³-hybridized carbons (Fsp3) is 0.583. The topological polar surface area (TPSA) is 60.6 Å². The summed E-state index contributed by atoms with van der Waals surface area (Å²) in [6, 6.07) is 3.60. The molecule has 1 fully saturated rings. The molecule has 0 unspecified atom stereocenters. The molecular weight excluding hydrogens is 218 g/mol. The lowest BCUT2D eigenvalue weighted by Gasteiger charge is -2.36. The average molecular weight is 237 g/mol. The van der Waals surface area contributed by atoms with Crippen molar-refractivity contribution < 1.29 is 9.47 Å². The van der Waals surface area contributed by atoms with Gasteiger partial charge in [-0.05, 0) is 19.9 Å². The molecule has 0 saturated carbocycles. The van der Waals surface area contributed by atoms with E-state index in [9.17, 15) is 0 Å². The van der Waals surface area contributed by atoms with Crippen LogP contribution < -0.4 is 15.4 Å². The smallest absolute Gasteiger partial charge is 0.215 e. The van der Waals surface area contributed by atoms with Gasteiger partial charge >= 0.3 is 0 Å². The van der Waals surface area contributed by atoms with E-state index in [-0.39, 0.29) is 12.2 Å². The van der Waals surface area contributed by atoms with Crippen LogP contribution in [0.15, 0.2) is 12.1 Å². The van der Waals surface area contributed by atoms with Crippen molar-refractivity contribution in [3.8, 4) is 5.88 Å². The first-order valence-electron chi connectivity index (χ1n) is 5.81. The number of nitrogen functional groups attached to an aromatic ring is 1. The first-order valence-corrected chi connectivity index (χ1v) is 5.81. The van der Waals surface area contributed by atoms with E-state index in [1.54, 1.807) is 13.2 Å². The fourth-order valence-electron chi connectivity index (χ4n) is 2.16. The number of rotatable bonds is 2. The van der Waals surface area contributed by atoms with Crippen LogP contribution in [0.2, 0.25) is 0 Å². The molecule has 17 heavy (non-hydrogen) atoms. The van der Waals surface area contributed by atoms with Gasteiger partial charge < -0.3 is 20.1 Å². The number of pyridine rings is 1. The molecule has 2 N–H and O–H groups in total. The highest BCUT2D eigenvalue weighted by Crippen LogP contribution is 2.26. The largest absolute Gasteiger partial charge is 0.481 e. The van der Waals surface area contributed by atoms with Crippen molar-refractivity contribution in [2.45, 2.75) is 26.1 Å². The van der Waals surface area contributed by atoms with Crippen molar-refractivity contribution in [2.75, 3.05) is 30.8 Å². The van der Waals surface area contributed by atoms with Gasteiger partial charge in [0.15, 0.2) is 5.82 Å². The molecule has 0 spiro atoms. The van der Waals surface area contributed by atoms with E-state index < -0.39 is 0 Å². The van der Waals surface area contributed by atoms with Gasteiger partial charge in [0, 0.05) is 19.2 Å². The van der Waals surface area contributed by atoms with Crippen LogP contribution in [0.25, 0.3) is 0 Å². The zero-order valence-corrected chi connectivity index (χ0v) is 10.5. The minimum atomic E-state index is 0.186. The van der Waals surface area contributed by atoms with Crippen LogP contribution in [-0.4, -0.2) is 37.4 Å². The number of aromatic nitrogens is 1. The fourth-order valence-corrected chi connectivity index (χ4v) is 2.16. The zero-order chi connectivity index (χ0) is 12.4. The van der Waals surface area contributed by atoms with Crippen LogP contribution in [-0.2, 0) is 4.74 Å². The highest BCUT2D eigenvalue weighted by atomic mass is 16.5. The Balaban J connectivity index is 2.26. The summed E-state index contributed by atoms with van der Waals surface area (Å²) in [5, 5.41) is 0. The predicted octanol–water partition coefficient (Wildman–Crippen LogP) is 1.29. The SMILES string of the molecule is COc1ccc(N)c(N2C[C@@H](C)O[C@@H](C)C2)n1. The molecule has 2 atom stereocenters. The van der Waals surface area contributed by atoms with E-state index in [1.807, 2.05) is 6.07 Å². The zero-order valence-electron chi connectivity index (χ0n) is 10.5. The lowest BCUT2D eigenvalue weighted by atomic mass is 10.2. The number of nitrogens with two attached hydrogens (primary N) is 1. The lowest BCUT2D eigenvalue weighted by Crippen LogP contribution is -2.46. The van der Waals surface area contributed by atoms with Gasteiger partial charge in [-0.25, -0.2) is 0 Å². The van der Waals surface area contributed by atoms with Crippen molar-refractivity contribution in [2.24, 2.45) is 0 Å². The maximum Gasteiger partial charge on any atom is 0.215 e. The molecule has 0 bridgehead atoms. The highest BCUT2D eigenvalue weighted by Gasteiger charge is 2.24. The molecule has 1 aromatic rings. The van der Waals surface area contributed by atoms with Crippen LogP contribution in [0.3, 0.4) is 0 Å². The number of hydrogen-bond donors (Lipinski definition) is 1. The van der Waals surface area contributed by atoms with Crippen molar-refractivity contribution in [1.29, 1.82) is 0 Å². The number of morpholine rings is 1. The molecule has 94 valence electrons. The predicted molar refractivity (Wildman–Crippen MR) is 67.4 cm³/mol. The maximum atomic E-state index is 5.97. The molecule has 0 amide bonds. The Kier molecular flexibility index (Phi) is 3.38. The first-order chi connectivity index (χ1) is 8.10. The highest BCUT2D eigenvalue weighted by molar-refractivity contribution is 5.63. The molecule has 1 aliphatic heterocycles. The molecule has 1 aromatic heterocycles. The molecule has 5 nitrogen and oxygen atoms in total. The summed E-state index contributed by atoms with van der Waals surface area (Å²) in [7, 11) is 1.60. The number of ether oxygens (including phenoxy) is 2. The van der Waals surface area contributed by atoms with Crippen molar-refractivity contribution in [3.05, 3.63) is 12.1 Å². The number of nitrogens with zero attached hydrogens (tertiary/aromatic N) is 2. The number of methoxy groups -OCH3 is 1. The third-order valence-corrected chi connectivity index (χ3v) is 2.81. The van der Waals surface area contributed by atoms with E-state index >= 15 is 0 Å². The summed E-state index contributed by atoms with van der Waals surface area (Å²) in [6.07, 6.45) is 0.373. The van der Waals surface area contributed by atoms with E-state index in [0.717, 1.165) is 18.9 Å². The molecule has 0 aromatic carbocycles. The third kappa shape index (κ3) is 2.61. The summed E-state index contributed by atoms with van der Waals surface area (Å²) >= 11 is 0. The van der Waals surface area contributed by atoms with Gasteiger partial charge in [0.1, 0.15) is 0 Å². The summed E-state index contributed by atoms with van der Waals surface area (Å²) in [4.78, 5) is 6.56. The van der Waals surface area contributed by atoms with E-state index in [0.29, 0.717) is 11.6 Å². The molecule has 1 aliphatic rings.